The first-order chi connectivity index (χ1) is 8.66. The van der Waals surface area contributed by atoms with Crippen LogP contribution in [0.4, 0.5) is 5.82 Å². The number of aryl methyl sites for hydroxylation is 2. The molecule has 0 radical (unpaired) electrons. The van der Waals surface area contributed by atoms with E-state index in [2.05, 4.69) is 15.3 Å². The second-order valence-electron chi connectivity index (χ2n) is 4.71. The molecule has 0 aliphatic carbocycles. The average Bonchev–Trinajstić information content (AvgIpc) is 2.87. The van der Waals surface area contributed by atoms with Gasteiger partial charge in [-0.2, -0.15) is 0 Å². The van der Waals surface area contributed by atoms with Crippen LogP contribution in [0.5, 0.6) is 0 Å². The number of rotatable bonds is 4. The van der Waals surface area contributed by atoms with Gasteiger partial charge in [-0.05, 0) is 26.7 Å². The molecule has 0 unspecified atom stereocenters. The van der Waals surface area contributed by atoms with E-state index in [9.17, 15) is 4.79 Å². The number of amides is 1. The van der Waals surface area contributed by atoms with Gasteiger partial charge in [-0.3, -0.25) is 9.78 Å². The molecule has 2 heterocycles. The normalized spacial score (nSPS) is 14.9. The largest absolute Gasteiger partial charge is 0.368 e. The second-order valence-corrected chi connectivity index (χ2v) is 4.71. The molecule has 5 heteroatoms. The van der Waals surface area contributed by atoms with Gasteiger partial charge in [0.1, 0.15) is 5.82 Å². The number of likely N-dealkylation sites (tertiary alicyclic amines) is 1. The quantitative estimate of drug-likeness (QED) is 0.877. The van der Waals surface area contributed by atoms with Crippen molar-refractivity contribution in [2.75, 3.05) is 25.0 Å². The average molecular weight is 248 g/mol. The van der Waals surface area contributed by atoms with E-state index in [1.165, 1.54) is 0 Å². The lowest BCUT2D eigenvalue weighted by atomic mass is 10.3. The number of nitrogens with one attached hydrogen (secondary N) is 1. The first-order valence-electron chi connectivity index (χ1n) is 6.48. The van der Waals surface area contributed by atoms with Gasteiger partial charge in [0.15, 0.2) is 0 Å². The Labute approximate surface area is 108 Å². The van der Waals surface area contributed by atoms with Crippen molar-refractivity contribution in [1.29, 1.82) is 0 Å². The van der Waals surface area contributed by atoms with Gasteiger partial charge < -0.3 is 10.2 Å². The van der Waals surface area contributed by atoms with E-state index in [-0.39, 0.29) is 5.91 Å². The highest BCUT2D eigenvalue weighted by Crippen LogP contribution is 2.11. The number of anilines is 1. The number of nitrogens with zero attached hydrogens (tertiary/aromatic N) is 3. The zero-order valence-corrected chi connectivity index (χ0v) is 11.1. The van der Waals surface area contributed by atoms with E-state index < -0.39 is 0 Å². The molecule has 5 nitrogen and oxygen atoms in total. The molecule has 0 atom stereocenters. The summed E-state index contributed by atoms with van der Waals surface area (Å²) in [6.07, 6.45) is 4.55. The maximum atomic E-state index is 11.8. The maximum Gasteiger partial charge on any atom is 0.224 e. The lowest BCUT2D eigenvalue weighted by molar-refractivity contribution is -0.129. The van der Waals surface area contributed by atoms with Crippen molar-refractivity contribution >= 4 is 11.7 Å². The van der Waals surface area contributed by atoms with Crippen molar-refractivity contribution in [2.24, 2.45) is 0 Å². The van der Waals surface area contributed by atoms with Gasteiger partial charge in [0.25, 0.3) is 0 Å². The van der Waals surface area contributed by atoms with E-state index in [1.807, 2.05) is 18.7 Å². The summed E-state index contributed by atoms with van der Waals surface area (Å²) in [4.78, 5) is 22.4. The van der Waals surface area contributed by atoms with Gasteiger partial charge in [-0.25, -0.2) is 4.98 Å². The molecule has 18 heavy (non-hydrogen) atoms. The molecule has 0 spiro atoms. The maximum absolute atomic E-state index is 11.8. The monoisotopic (exact) mass is 248 g/mol. The number of carbonyl (C=O) groups is 1. The van der Waals surface area contributed by atoms with Crippen LogP contribution in [0.25, 0.3) is 0 Å². The summed E-state index contributed by atoms with van der Waals surface area (Å²) >= 11 is 0. The highest BCUT2D eigenvalue weighted by Gasteiger charge is 2.17. The van der Waals surface area contributed by atoms with Crippen molar-refractivity contribution in [3.8, 4) is 0 Å². The van der Waals surface area contributed by atoms with E-state index in [1.54, 1.807) is 6.20 Å². The summed E-state index contributed by atoms with van der Waals surface area (Å²) in [5.74, 6) is 1.02. The third kappa shape index (κ3) is 3.18. The molecule has 98 valence electrons. The van der Waals surface area contributed by atoms with Crippen LogP contribution in [0.1, 0.15) is 30.7 Å². The molecule has 1 amide bonds. The molecule has 1 aromatic heterocycles. The van der Waals surface area contributed by atoms with Crippen molar-refractivity contribution in [2.45, 2.75) is 33.1 Å². The molecule has 1 aliphatic rings. The summed E-state index contributed by atoms with van der Waals surface area (Å²) in [7, 11) is 0. The van der Waals surface area contributed by atoms with Crippen molar-refractivity contribution in [3.05, 3.63) is 17.6 Å². The minimum absolute atomic E-state index is 0.235. The van der Waals surface area contributed by atoms with Crippen LogP contribution < -0.4 is 5.32 Å². The van der Waals surface area contributed by atoms with Gasteiger partial charge in [-0.15, -0.1) is 0 Å². The summed E-state index contributed by atoms with van der Waals surface area (Å²) in [6.45, 7) is 6.28. The molecular weight excluding hydrogens is 228 g/mol. The van der Waals surface area contributed by atoms with Crippen LogP contribution in [-0.2, 0) is 4.79 Å². The first kappa shape index (κ1) is 12.8. The Morgan fingerprint density at radius 3 is 2.83 bits per heavy atom. The summed E-state index contributed by atoms with van der Waals surface area (Å²) in [6, 6.07) is 0. The molecule has 1 N–H and O–H groups in total. The number of carbonyl (C=O) groups excluding carboxylic acids is 1. The molecule has 1 aromatic rings. The molecule has 1 aliphatic heterocycles. The number of aromatic nitrogens is 2. The summed E-state index contributed by atoms with van der Waals surface area (Å²) < 4.78 is 0. The first-order valence-corrected chi connectivity index (χ1v) is 6.48. The van der Waals surface area contributed by atoms with Crippen LogP contribution in [0.15, 0.2) is 6.20 Å². The molecule has 0 bridgehead atoms. The molecule has 1 fully saturated rings. The van der Waals surface area contributed by atoms with Gasteiger partial charge in [0, 0.05) is 32.3 Å². The molecular formula is C13H20N4O. The third-order valence-electron chi connectivity index (χ3n) is 3.17. The van der Waals surface area contributed by atoms with Crippen LogP contribution in [0, 0.1) is 13.8 Å². The fourth-order valence-corrected chi connectivity index (χ4v) is 2.12. The topological polar surface area (TPSA) is 58.1 Å². The van der Waals surface area contributed by atoms with E-state index in [4.69, 9.17) is 0 Å². The van der Waals surface area contributed by atoms with Crippen molar-refractivity contribution in [1.82, 2.24) is 14.9 Å². The molecule has 0 aromatic carbocycles. The van der Waals surface area contributed by atoms with Gasteiger partial charge in [0.05, 0.1) is 11.4 Å². The van der Waals surface area contributed by atoms with Gasteiger partial charge >= 0.3 is 0 Å². The summed E-state index contributed by atoms with van der Waals surface area (Å²) in [5.41, 5.74) is 1.75. The van der Waals surface area contributed by atoms with E-state index in [0.29, 0.717) is 13.0 Å². The minimum atomic E-state index is 0.235. The Balaban J connectivity index is 1.81. The van der Waals surface area contributed by atoms with Crippen LogP contribution in [0.2, 0.25) is 0 Å². The predicted octanol–water partition coefficient (Wildman–Crippen LogP) is 1.52. The highest BCUT2D eigenvalue weighted by molar-refractivity contribution is 5.76. The smallest absolute Gasteiger partial charge is 0.224 e. The summed E-state index contributed by atoms with van der Waals surface area (Å²) in [5, 5.41) is 3.19. The Bertz CT molecular complexity index is 427. The van der Waals surface area contributed by atoms with E-state index in [0.717, 1.165) is 43.1 Å². The lowest BCUT2D eigenvalue weighted by Gasteiger charge is -2.15. The Kier molecular flexibility index (Phi) is 4.12. The Morgan fingerprint density at radius 2 is 2.11 bits per heavy atom. The molecule has 2 rings (SSSR count). The number of hydrogen-bond donors (Lipinski definition) is 1. The van der Waals surface area contributed by atoms with E-state index >= 15 is 0 Å². The zero-order valence-electron chi connectivity index (χ0n) is 11.1. The lowest BCUT2D eigenvalue weighted by Crippen LogP contribution is -2.29. The van der Waals surface area contributed by atoms with Gasteiger partial charge in [-0.1, -0.05) is 0 Å². The fraction of sp³-hybridized carbons (Fsp3) is 0.615. The van der Waals surface area contributed by atoms with Crippen LogP contribution >= 0.6 is 0 Å². The Morgan fingerprint density at radius 1 is 1.39 bits per heavy atom. The minimum Gasteiger partial charge on any atom is -0.368 e. The van der Waals surface area contributed by atoms with Crippen molar-refractivity contribution < 1.29 is 4.79 Å². The third-order valence-corrected chi connectivity index (χ3v) is 3.17. The van der Waals surface area contributed by atoms with Crippen molar-refractivity contribution in [3.63, 3.8) is 0 Å². The standard InChI is InChI=1S/C13H20N4O/c1-10-9-15-11(2)13(16-10)14-6-5-12(18)17-7-3-4-8-17/h9H,3-8H2,1-2H3,(H,14,16). The predicted molar refractivity (Wildman–Crippen MR) is 70.4 cm³/mol. The molecule has 0 saturated carbocycles. The SMILES string of the molecule is Cc1cnc(C)c(NCCC(=O)N2CCCC2)n1. The second kappa shape index (κ2) is 5.80. The van der Waals surface area contributed by atoms with Gasteiger partial charge in [0.2, 0.25) is 5.91 Å². The highest BCUT2D eigenvalue weighted by atomic mass is 16.2. The zero-order chi connectivity index (χ0) is 13.0. The fourth-order valence-electron chi connectivity index (χ4n) is 2.12. The van der Waals surface area contributed by atoms with Crippen LogP contribution in [-0.4, -0.2) is 40.4 Å². The van der Waals surface area contributed by atoms with Crippen LogP contribution in [0.3, 0.4) is 0 Å². The Hall–Kier alpha value is -1.65. The molecule has 1 saturated heterocycles. The number of hydrogen-bond acceptors (Lipinski definition) is 4.